The van der Waals surface area contributed by atoms with Crippen molar-refractivity contribution < 1.29 is 14.6 Å². The molecule has 0 spiro atoms. The number of hydrogen-bond acceptors (Lipinski definition) is 4. The van der Waals surface area contributed by atoms with Crippen molar-refractivity contribution in [2.75, 3.05) is 6.61 Å². The van der Waals surface area contributed by atoms with Crippen molar-refractivity contribution in [1.29, 1.82) is 0 Å². The number of nitrogens with zero attached hydrogens (tertiary/aromatic N) is 2. The van der Waals surface area contributed by atoms with E-state index in [1.165, 1.54) is 17.2 Å². The minimum Gasteiger partial charge on any atom is -0.501 e. The van der Waals surface area contributed by atoms with Gasteiger partial charge in [0.25, 0.3) is 5.91 Å². The first-order valence-corrected chi connectivity index (χ1v) is 6.86. The highest BCUT2D eigenvalue weighted by Crippen LogP contribution is 2.32. The molecule has 0 saturated carbocycles. The van der Waals surface area contributed by atoms with Crippen LogP contribution in [0.3, 0.4) is 0 Å². The third-order valence-electron chi connectivity index (χ3n) is 3.47. The van der Waals surface area contributed by atoms with Gasteiger partial charge in [0.15, 0.2) is 6.23 Å². The molecule has 3 rings (SSSR count). The molecular weight excluding hydrogens is 268 g/mol. The lowest BCUT2D eigenvalue weighted by Crippen LogP contribution is -2.27. The molecule has 0 radical (unpaired) electrons. The van der Waals surface area contributed by atoms with Crippen molar-refractivity contribution in [2.24, 2.45) is 0 Å². The summed E-state index contributed by atoms with van der Waals surface area (Å²) < 4.78 is 5.01. The topological polar surface area (TPSA) is 62.7 Å². The fourth-order valence-corrected chi connectivity index (χ4v) is 2.44. The van der Waals surface area contributed by atoms with Gasteiger partial charge in [-0.3, -0.25) is 4.79 Å². The van der Waals surface area contributed by atoms with Gasteiger partial charge in [0, 0.05) is 11.5 Å². The van der Waals surface area contributed by atoms with E-state index in [0.717, 1.165) is 16.5 Å². The van der Waals surface area contributed by atoms with Crippen LogP contribution in [0, 0.1) is 0 Å². The zero-order valence-corrected chi connectivity index (χ0v) is 11.7. The summed E-state index contributed by atoms with van der Waals surface area (Å²) in [5, 5.41) is 11.3. The van der Waals surface area contributed by atoms with Gasteiger partial charge in [-0.25, -0.2) is 4.98 Å². The normalized spacial score (nSPS) is 17.4. The minimum absolute atomic E-state index is 0.294. The number of amides is 1. The Morgan fingerprint density at radius 2 is 2.33 bits per heavy atom. The molecule has 0 fully saturated rings. The second-order valence-corrected chi connectivity index (χ2v) is 4.82. The molecule has 5 heteroatoms. The Bertz CT molecular complexity index is 712. The van der Waals surface area contributed by atoms with Crippen LogP contribution < -0.4 is 0 Å². The van der Waals surface area contributed by atoms with E-state index < -0.39 is 6.23 Å². The summed E-state index contributed by atoms with van der Waals surface area (Å²) in [5.41, 5.74) is 2.24. The summed E-state index contributed by atoms with van der Waals surface area (Å²) in [6.45, 7) is 2.69. The van der Waals surface area contributed by atoms with Crippen LogP contribution in [-0.4, -0.2) is 27.5 Å². The molecule has 2 heterocycles. The summed E-state index contributed by atoms with van der Waals surface area (Å²) in [6.07, 6.45) is 1.66. The van der Waals surface area contributed by atoms with Gasteiger partial charge < -0.3 is 14.7 Å². The predicted octanol–water partition coefficient (Wildman–Crippen LogP) is 2.12. The molecule has 1 unspecified atom stereocenters. The van der Waals surface area contributed by atoms with Gasteiger partial charge in [0.05, 0.1) is 30.6 Å². The van der Waals surface area contributed by atoms with Gasteiger partial charge in [0.2, 0.25) is 0 Å². The lowest BCUT2D eigenvalue weighted by atomic mass is 10.1. The molecule has 108 valence electrons. The van der Waals surface area contributed by atoms with E-state index >= 15 is 0 Å². The van der Waals surface area contributed by atoms with E-state index in [9.17, 15) is 9.90 Å². The van der Waals surface area contributed by atoms with E-state index in [0.29, 0.717) is 18.8 Å². The number of carbonyl (C=O) groups excluding carboxylic acids is 1. The molecule has 5 nitrogen and oxygen atoms in total. The quantitative estimate of drug-likeness (QED) is 0.692. The molecule has 0 aliphatic carbocycles. The van der Waals surface area contributed by atoms with Crippen LogP contribution >= 0.6 is 0 Å². The number of pyridine rings is 1. The summed E-state index contributed by atoms with van der Waals surface area (Å²) in [4.78, 5) is 17.9. The van der Waals surface area contributed by atoms with Crippen molar-refractivity contribution >= 4 is 16.8 Å². The minimum atomic E-state index is -1.01. The molecule has 0 bridgehead atoms. The van der Waals surface area contributed by atoms with Gasteiger partial charge in [-0.15, -0.1) is 0 Å². The molecule has 21 heavy (non-hydrogen) atoms. The zero-order chi connectivity index (χ0) is 14.8. The highest BCUT2D eigenvalue weighted by atomic mass is 16.5. The third-order valence-corrected chi connectivity index (χ3v) is 3.47. The highest BCUT2D eigenvalue weighted by molar-refractivity contribution is 5.88. The predicted molar refractivity (Wildman–Crippen MR) is 78.0 cm³/mol. The molecule has 2 aromatic rings. The number of aliphatic hydroxyl groups is 1. The number of benzene rings is 1. The number of aromatic nitrogens is 1. The van der Waals surface area contributed by atoms with E-state index in [1.807, 2.05) is 37.3 Å². The van der Waals surface area contributed by atoms with E-state index in [1.54, 1.807) is 0 Å². The monoisotopic (exact) mass is 284 g/mol. The third kappa shape index (κ3) is 2.48. The van der Waals surface area contributed by atoms with Crippen LogP contribution in [0.5, 0.6) is 0 Å². The van der Waals surface area contributed by atoms with Crippen LogP contribution in [0.15, 0.2) is 42.7 Å². The highest BCUT2D eigenvalue weighted by Gasteiger charge is 2.32. The van der Waals surface area contributed by atoms with E-state index in [2.05, 4.69) is 4.98 Å². The summed E-state index contributed by atoms with van der Waals surface area (Å²) in [6, 6.07) is 9.67. The zero-order valence-electron chi connectivity index (χ0n) is 11.7. The fourth-order valence-electron chi connectivity index (χ4n) is 2.44. The summed E-state index contributed by atoms with van der Waals surface area (Å²) in [5.74, 6) is -0.294. The molecule has 1 aromatic heterocycles. The van der Waals surface area contributed by atoms with Gasteiger partial charge in [0.1, 0.15) is 0 Å². The summed E-state index contributed by atoms with van der Waals surface area (Å²) in [7, 11) is 0. The largest absolute Gasteiger partial charge is 0.501 e. The van der Waals surface area contributed by atoms with E-state index in [-0.39, 0.29) is 5.91 Å². The van der Waals surface area contributed by atoms with Crippen LogP contribution in [0.4, 0.5) is 0 Å². The van der Waals surface area contributed by atoms with Crippen LogP contribution in [0.2, 0.25) is 0 Å². The fraction of sp³-hybridized carbons (Fsp3) is 0.250. The average molecular weight is 284 g/mol. The maximum Gasteiger partial charge on any atom is 0.252 e. The maximum absolute atomic E-state index is 12.1. The van der Waals surface area contributed by atoms with E-state index in [4.69, 9.17) is 4.74 Å². The Morgan fingerprint density at radius 1 is 1.52 bits per heavy atom. The second kappa shape index (κ2) is 5.54. The lowest BCUT2D eigenvalue weighted by Gasteiger charge is -2.18. The molecule has 1 aromatic carbocycles. The van der Waals surface area contributed by atoms with Gasteiger partial charge in [-0.1, -0.05) is 18.2 Å². The number of fused-ring (bicyclic) bond motifs is 2. The van der Waals surface area contributed by atoms with Crippen LogP contribution in [-0.2, 0) is 16.1 Å². The lowest BCUT2D eigenvalue weighted by molar-refractivity contribution is -0.135. The number of rotatable bonds is 3. The summed E-state index contributed by atoms with van der Waals surface area (Å²) >= 11 is 0. The standard InChI is InChI=1S/C16H16N2O3/c1-2-21-8-7-14(19)18-10-12-9-11-5-3-4-6-13(11)17-15(12)16(18)20/h3-9,16,20H,2,10H2,1H3/b8-7+. The molecule has 1 aliphatic rings. The van der Waals surface area contributed by atoms with Crippen LogP contribution in [0.1, 0.15) is 24.4 Å². The van der Waals surface area contributed by atoms with Crippen molar-refractivity contribution in [3.05, 3.63) is 53.9 Å². The first kappa shape index (κ1) is 13.6. The first-order chi connectivity index (χ1) is 10.2. The molecule has 1 N–H and O–H groups in total. The van der Waals surface area contributed by atoms with Gasteiger partial charge in [-0.2, -0.15) is 0 Å². The van der Waals surface area contributed by atoms with Crippen molar-refractivity contribution in [2.45, 2.75) is 19.7 Å². The number of aliphatic hydroxyl groups excluding tert-OH is 1. The SMILES string of the molecule is CCO/C=C/C(=O)N1Cc2cc3ccccc3nc2C1O. The molecule has 1 aliphatic heterocycles. The Balaban J connectivity index is 1.89. The molecule has 1 atom stereocenters. The molecule has 0 saturated heterocycles. The Kier molecular flexibility index (Phi) is 3.58. The Labute approximate surface area is 122 Å². The number of para-hydroxylation sites is 1. The number of ether oxygens (including phenoxy) is 1. The van der Waals surface area contributed by atoms with Gasteiger partial charge >= 0.3 is 0 Å². The number of hydrogen-bond donors (Lipinski definition) is 1. The maximum atomic E-state index is 12.1. The van der Waals surface area contributed by atoms with Crippen molar-refractivity contribution in [3.8, 4) is 0 Å². The Hall–Kier alpha value is -2.40. The van der Waals surface area contributed by atoms with Crippen molar-refractivity contribution in [1.82, 2.24) is 9.88 Å². The first-order valence-electron chi connectivity index (χ1n) is 6.86. The Morgan fingerprint density at radius 3 is 3.14 bits per heavy atom. The molecule has 1 amide bonds. The second-order valence-electron chi connectivity index (χ2n) is 4.82. The number of carbonyl (C=O) groups is 1. The van der Waals surface area contributed by atoms with Crippen LogP contribution in [0.25, 0.3) is 10.9 Å². The smallest absolute Gasteiger partial charge is 0.252 e. The van der Waals surface area contributed by atoms with Gasteiger partial charge in [-0.05, 0) is 24.6 Å². The van der Waals surface area contributed by atoms with Crippen molar-refractivity contribution in [3.63, 3.8) is 0 Å². The molecular formula is C16H16N2O3. The average Bonchev–Trinajstić information content (AvgIpc) is 2.82.